The molecule has 1 unspecified atom stereocenters. The third kappa shape index (κ3) is 5.43. The molecule has 2 aliphatic rings. The van der Waals surface area contributed by atoms with Crippen molar-refractivity contribution >= 4 is 61.5 Å². The normalized spacial score (nSPS) is 17.1. The zero-order valence-corrected chi connectivity index (χ0v) is 24.0. The Morgan fingerprint density at radius 3 is 2.87 bits per heavy atom. The number of ether oxygens (including phenoxy) is 1. The maximum absolute atomic E-state index is 13.3. The van der Waals surface area contributed by atoms with Crippen LogP contribution in [0.25, 0.3) is 0 Å². The number of anilines is 2. The third-order valence-electron chi connectivity index (χ3n) is 6.40. The lowest BCUT2D eigenvalue weighted by atomic mass is 9.76. The second kappa shape index (κ2) is 11.6. The van der Waals surface area contributed by atoms with Gasteiger partial charge in [-0.2, -0.15) is 5.26 Å². The van der Waals surface area contributed by atoms with Crippen molar-refractivity contribution in [3.05, 3.63) is 81.2 Å². The molecule has 0 radical (unpaired) electrons. The number of Topliss-reactive ketones (excluding diaryl/α,β-unsaturated/α-hetero) is 1. The molecule has 1 aliphatic carbocycles. The molecule has 1 amide bonds. The lowest BCUT2D eigenvalue weighted by molar-refractivity contribution is -0.116. The van der Waals surface area contributed by atoms with Gasteiger partial charge in [0.05, 0.1) is 36.1 Å². The van der Waals surface area contributed by atoms with E-state index >= 15 is 0 Å². The van der Waals surface area contributed by atoms with E-state index < -0.39 is 5.92 Å². The highest BCUT2D eigenvalue weighted by Gasteiger charge is 2.41. The highest BCUT2D eigenvalue weighted by atomic mass is 79.9. The predicted octanol–water partition coefficient (Wildman–Crippen LogP) is 5.34. The van der Waals surface area contributed by atoms with Crippen molar-refractivity contribution in [1.82, 2.24) is 10.2 Å². The number of halogens is 1. The number of benzene rings is 2. The van der Waals surface area contributed by atoms with Crippen LogP contribution >= 0.6 is 39.0 Å². The molecule has 1 aromatic heterocycles. The number of aromatic nitrogens is 2. The van der Waals surface area contributed by atoms with E-state index in [0.29, 0.717) is 45.7 Å². The summed E-state index contributed by atoms with van der Waals surface area (Å²) < 4.78 is 6.74. The average Bonchev–Trinajstić information content (AvgIpc) is 3.41. The third-order valence-corrected chi connectivity index (χ3v) is 9.14. The van der Waals surface area contributed by atoms with Gasteiger partial charge in [0.2, 0.25) is 11.0 Å². The summed E-state index contributed by atoms with van der Waals surface area (Å²) in [6.07, 6.45) is 1.68. The molecule has 9 nitrogen and oxygen atoms in total. The van der Waals surface area contributed by atoms with Gasteiger partial charge in [-0.3, -0.25) is 14.5 Å². The number of nitriles is 1. The number of hydrogen-bond donors (Lipinski definition) is 2. The molecule has 0 fully saturated rings. The standard InChI is InChI=1S/C27H23BrN6O3S2/c1-37-16-7-4-6-15(12-16)23-17(13-29)25(30)34(20-10-5-11-21(35)24(20)23)26-32-33-27(39-26)38-14-22(36)31-19-9-3-2-8-18(19)28/h2-4,6-9,12,23H,5,10-11,14,30H2,1H3,(H,31,36). The van der Waals surface area contributed by atoms with Crippen LogP contribution in [0.3, 0.4) is 0 Å². The molecule has 1 atom stereocenters. The highest BCUT2D eigenvalue weighted by molar-refractivity contribution is 9.10. The predicted molar refractivity (Wildman–Crippen MR) is 154 cm³/mol. The number of para-hydroxylation sites is 1. The number of hydrogen-bond acceptors (Lipinski definition) is 10. The zero-order valence-electron chi connectivity index (χ0n) is 20.8. The van der Waals surface area contributed by atoms with Gasteiger partial charge in [-0.1, -0.05) is 47.4 Å². The molecule has 3 N–H and O–H groups in total. The van der Waals surface area contributed by atoms with Crippen LogP contribution in [0, 0.1) is 11.3 Å². The van der Waals surface area contributed by atoms with E-state index in [1.165, 1.54) is 23.1 Å². The molecule has 1 aliphatic heterocycles. The molecule has 2 heterocycles. The molecule has 3 aromatic rings. The lowest BCUT2D eigenvalue weighted by Gasteiger charge is -2.38. The SMILES string of the molecule is COc1cccc(C2C(C#N)=C(N)N(c3nnc(SCC(=O)Nc4ccccc4Br)s3)C3=C2C(=O)CCC3)c1. The first-order chi connectivity index (χ1) is 18.9. The second-order valence-corrected chi connectivity index (χ2v) is 11.8. The monoisotopic (exact) mass is 622 g/mol. The fourth-order valence-corrected chi connectivity index (χ4v) is 6.75. The minimum absolute atomic E-state index is 0.0165. The van der Waals surface area contributed by atoms with Gasteiger partial charge >= 0.3 is 0 Å². The number of nitrogens with two attached hydrogens (primary N) is 1. The van der Waals surface area contributed by atoms with Crippen molar-refractivity contribution in [1.29, 1.82) is 5.26 Å². The summed E-state index contributed by atoms with van der Waals surface area (Å²) >= 11 is 5.93. The van der Waals surface area contributed by atoms with E-state index in [0.717, 1.165) is 15.7 Å². The Morgan fingerprint density at radius 2 is 2.10 bits per heavy atom. The van der Waals surface area contributed by atoms with Crippen LogP contribution in [0.4, 0.5) is 10.8 Å². The summed E-state index contributed by atoms with van der Waals surface area (Å²) in [5, 5.41) is 22.1. The molecular weight excluding hydrogens is 600 g/mol. The highest BCUT2D eigenvalue weighted by Crippen LogP contribution is 2.47. The van der Waals surface area contributed by atoms with Crippen molar-refractivity contribution in [2.24, 2.45) is 5.73 Å². The minimum Gasteiger partial charge on any atom is -0.497 e. The zero-order chi connectivity index (χ0) is 27.5. The van der Waals surface area contributed by atoms with Gasteiger partial charge in [0.1, 0.15) is 11.6 Å². The fraction of sp³-hybridized carbons (Fsp3) is 0.222. The first kappa shape index (κ1) is 26.9. The Kier molecular flexibility index (Phi) is 8.02. The van der Waals surface area contributed by atoms with Gasteiger partial charge in [0, 0.05) is 22.2 Å². The number of thioether (sulfide) groups is 1. The Bertz CT molecular complexity index is 1560. The molecular formula is C27H23BrN6O3S2. The Morgan fingerprint density at radius 1 is 1.28 bits per heavy atom. The van der Waals surface area contributed by atoms with Crippen LogP contribution in [-0.4, -0.2) is 34.8 Å². The molecule has 198 valence electrons. The van der Waals surface area contributed by atoms with Crippen molar-refractivity contribution in [3.63, 3.8) is 0 Å². The molecule has 12 heteroatoms. The number of nitrogens with one attached hydrogen (secondary N) is 1. The number of amides is 1. The molecule has 5 rings (SSSR count). The Labute approximate surface area is 241 Å². The number of nitrogens with zero attached hydrogens (tertiary/aromatic N) is 4. The van der Waals surface area contributed by atoms with E-state index in [2.05, 4.69) is 37.5 Å². The fourth-order valence-electron chi connectivity index (χ4n) is 4.69. The number of rotatable bonds is 7. The summed E-state index contributed by atoms with van der Waals surface area (Å²) in [5.41, 5.74) is 9.62. The summed E-state index contributed by atoms with van der Waals surface area (Å²) in [5.74, 6) is 0.194. The first-order valence-electron chi connectivity index (χ1n) is 12.0. The van der Waals surface area contributed by atoms with Crippen LogP contribution < -0.4 is 20.7 Å². The van der Waals surface area contributed by atoms with E-state index in [4.69, 9.17) is 10.5 Å². The van der Waals surface area contributed by atoms with Crippen LogP contribution in [0.15, 0.2) is 80.0 Å². The number of methoxy groups -OCH3 is 1. The number of allylic oxidation sites excluding steroid dienone is 3. The molecule has 39 heavy (non-hydrogen) atoms. The second-order valence-electron chi connectivity index (χ2n) is 8.76. The average molecular weight is 624 g/mol. The summed E-state index contributed by atoms with van der Waals surface area (Å²) in [6.45, 7) is 0. The number of carbonyl (C=O) groups is 2. The van der Waals surface area contributed by atoms with E-state index in [1.807, 2.05) is 48.5 Å². The Hall–Kier alpha value is -3.66. The Balaban J connectivity index is 1.43. The topological polar surface area (TPSA) is 134 Å². The number of ketones is 1. The molecule has 2 aromatic carbocycles. The van der Waals surface area contributed by atoms with Crippen LogP contribution in [0.5, 0.6) is 5.75 Å². The van der Waals surface area contributed by atoms with Crippen LogP contribution in [0.1, 0.15) is 30.7 Å². The van der Waals surface area contributed by atoms with Gasteiger partial charge in [-0.25, -0.2) is 0 Å². The summed E-state index contributed by atoms with van der Waals surface area (Å²) in [4.78, 5) is 27.5. The van der Waals surface area contributed by atoms with Crippen molar-refractivity contribution in [2.45, 2.75) is 29.5 Å². The molecule has 0 bridgehead atoms. The molecule has 0 saturated heterocycles. The van der Waals surface area contributed by atoms with Crippen LogP contribution in [-0.2, 0) is 9.59 Å². The first-order valence-corrected chi connectivity index (χ1v) is 14.6. The van der Waals surface area contributed by atoms with Crippen molar-refractivity contribution < 1.29 is 14.3 Å². The largest absolute Gasteiger partial charge is 0.497 e. The minimum atomic E-state index is -0.591. The van der Waals surface area contributed by atoms with Crippen LogP contribution in [0.2, 0.25) is 0 Å². The van der Waals surface area contributed by atoms with Gasteiger partial charge in [-0.05, 0) is 58.6 Å². The van der Waals surface area contributed by atoms with Gasteiger partial charge in [0.25, 0.3) is 0 Å². The van der Waals surface area contributed by atoms with E-state index in [-0.39, 0.29) is 28.8 Å². The van der Waals surface area contributed by atoms with Gasteiger partial charge < -0.3 is 15.8 Å². The smallest absolute Gasteiger partial charge is 0.234 e. The van der Waals surface area contributed by atoms with E-state index in [9.17, 15) is 14.9 Å². The maximum atomic E-state index is 13.3. The van der Waals surface area contributed by atoms with Crippen molar-refractivity contribution in [3.8, 4) is 11.8 Å². The summed E-state index contributed by atoms with van der Waals surface area (Å²) in [7, 11) is 1.57. The molecule has 0 saturated carbocycles. The summed E-state index contributed by atoms with van der Waals surface area (Å²) in [6, 6.07) is 17.0. The maximum Gasteiger partial charge on any atom is 0.234 e. The molecule has 0 spiro atoms. The number of carbonyl (C=O) groups excluding carboxylic acids is 2. The van der Waals surface area contributed by atoms with E-state index in [1.54, 1.807) is 12.0 Å². The quantitative estimate of drug-likeness (QED) is 0.334. The van der Waals surface area contributed by atoms with Gasteiger partial charge in [-0.15, -0.1) is 10.2 Å². The van der Waals surface area contributed by atoms with Gasteiger partial charge in [0.15, 0.2) is 10.1 Å². The van der Waals surface area contributed by atoms with Crippen molar-refractivity contribution in [2.75, 3.05) is 23.1 Å². The lowest BCUT2D eigenvalue weighted by Crippen LogP contribution is -2.38.